The molecule has 0 atom stereocenters. The molecule has 0 spiro atoms. The molecule has 0 radical (unpaired) electrons. The Labute approximate surface area is 92.2 Å². The van der Waals surface area contributed by atoms with Gasteiger partial charge in [0.1, 0.15) is 17.2 Å². The van der Waals surface area contributed by atoms with E-state index in [1.165, 1.54) is 0 Å². The van der Waals surface area contributed by atoms with E-state index in [-0.39, 0.29) is 0 Å². The van der Waals surface area contributed by atoms with Gasteiger partial charge >= 0.3 is 0 Å². The summed E-state index contributed by atoms with van der Waals surface area (Å²) in [7, 11) is 1.84. The second-order valence-electron chi connectivity index (χ2n) is 2.78. The summed E-state index contributed by atoms with van der Waals surface area (Å²) >= 11 is 1.59. The summed E-state index contributed by atoms with van der Waals surface area (Å²) in [4.78, 5) is 13.3. The molecular formula is C10H10N4S. The molecule has 0 aromatic carbocycles. The van der Waals surface area contributed by atoms with Gasteiger partial charge in [0.05, 0.1) is 0 Å². The number of nitrogens with one attached hydrogen (secondary N) is 1. The Kier molecular flexibility index (Phi) is 3.14. The quantitative estimate of drug-likeness (QED) is 0.799. The number of nitrogens with zero attached hydrogens (tertiary/aromatic N) is 3. The topological polar surface area (TPSA) is 50.7 Å². The fourth-order valence-corrected chi connectivity index (χ4v) is 1.83. The lowest BCUT2D eigenvalue weighted by Gasteiger charge is -2.02. The van der Waals surface area contributed by atoms with Crippen LogP contribution in [0.1, 0.15) is 0 Å². The van der Waals surface area contributed by atoms with Crippen LogP contribution in [0.15, 0.2) is 46.8 Å². The number of hydrogen-bond acceptors (Lipinski definition) is 5. The Morgan fingerprint density at radius 1 is 1.20 bits per heavy atom. The van der Waals surface area contributed by atoms with Crippen LogP contribution in [0.2, 0.25) is 0 Å². The Morgan fingerprint density at radius 2 is 2.00 bits per heavy atom. The molecule has 0 bridgehead atoms. The molecule has 0 amide bonds. The van der Waals surface area contributed by atoms with Gasteiger partial charge in [-0.3, -0.25) is 4.98 Å². The van der Waals surface area contributed by atoms with Gasteiger partial charge in [0, 0.05) is 30.4 Å². The minimum absolute atomic E-state index is 0.821. The highest BCUT2D eigenvalue weighted by molar-refractivity contribution is 7.99. The van der Waals surface area contributed by atoms with Gasteiger partial charge in [-0.1, -0.05) is 11.8 Å². The molecule has 2 aromatic heterocycles. The van der Waals surface area contributed by atoms with Gasteiger partial charge in [-0.2, -0.15) is 0 Å². The van der Waals surface area contributed by atoms with Crippen molar-refractivity contribution in [1.29, 1.82) is 0 Å². The largest absolute Gasteiger partial charge is 0.373 e. The summed E-state index contributed by atoms with van der Waals surface area (Å²) in [6, 6.07) is 5.81. The van der Waals surface area contributed by atoms with Crippen molar-refractivity contribution in [1.82, 2.24) is 15.0 Å². The van der Waals surface area contributed by atoms with Gasteiger partial charge in [0.25, 0.3) is 0 Å². The van der Waals surface area contributed by atoms with Crippen molar-refractivity contribution < 1.29 is 0 Å². The summed E-state index contributed by atoms with van der Waals surface area (Å²) in [6.07, 6.45) is 5.08. The predicted molar refractivity (Wildman–Crippen MR) is 59.9 cm³/mol. The number of rotatable bonds is 3. The summed E-state index contributed by atoms with van der Waals surface area (Å²) in [5.74, 6) is 0.821. The second kappa shape index (κ2) is 4.75. The zero-order valence-corrected chi connectivity index (χ0v) is 9.03. The van der Waals surface area contributed by atoms with Crippen LogP contribution in [0.4, 0.5) is 5.82 Å². The van der Waals surface area contributed by atoms with Crippen LogP contribution in [0.5, 0.6) is 0 Å². The van der Waals surface area contributed by atoms with E-state index in [2.05, 4.69) is 20.3 Å². The lowest BCUT2D eigenvalue weighted by molar-refractivity contribution is 1.05. The SMILES string of the molecule is CNc1cc(Sc2ccncc2)ncn1. The Bertz CT molecular complexity index is 432. The maximum Gasteiger partial charge on any atom is 0.130 e. The summed E-state index contributed by atoms with van der Waals surface area (Å²) < 4.78 is 0. The van der Waals surface area contributed by atoms with E-state index in [1.807, 2.05) is 25.2 Å². The van der Waals surface area contributed by atoms with Gasteiger partial charge in [-0.15, -0.1) is 0 Å². The maximum atomic E-state index is 4.17. The fraction of sp³-hybridized carbons (Fsp3) is 0.100. The normalized spacial score (nSPS) is 9.93. The first-order valence-electron chi connectivity index (χ1n) is 4.46. The van der Waals surface area contributed by atoms with E-state index in [9.17, 15) is 0 Å². The molecule has 0 aliphatic heterocycles. The van der Waals surface area contributed by atoms with Crippen LogP contribution < -0.4 is 5.32 Å². The van der Waals surface area contributed by atoms with Crippen molar-refractivity contribution in [2.45, 2.75) is 9.92 Å². The van der Waals surface area contributed by atoms with Gasteiger partial charge in [0.2, 0.25) is 0 Å². The second-order valence-corrected chi connectivity index (χ2v) is 3.87. The van der Waals surface area contributed by atoms with E-state index in [0.717, 1.165) is 15.7 Å². The third kappa shape index (κ3) is 2.66. The maximum absolute atomic E-state index is 4.17. The van der Waals surface area contributed by atoms with Crippen LogP contribution in [0, 0.1) is 0 Å². The first kappa shape index (κ1) is 9.92. The Hall–Kier alpha value is -1.62. The van der Waals surface area contributed by atoms with Crippen molar-refractivity contribution in [2.24, 2.45) is 0 Å². The molecule has 0 unspecified atom stereocenters. The van der Waals surface area contributed by atoms with Gasteiger partial charge in [-0.25, -0.2) is 9.97 Å². The molecule has 76 valence electrons. The zero-order chi connectivity index (χ0) is 10.5. The highest BCUT2D eigenvalue weighted by Crippen LogP contribution is 2.25. The Morgan fingerprint density at radius 3 is 2.73 bits per heavy atom. The standard InChI is InChI=1S/C10H10N4S/c1-11-9-6-10(14-7-13-9)15-8-2-4-12-5-3-8/h2-7H,1H3,(H,11,13,14). The third-order valence-electron chi connectivity index (χ3n) is 1.77. The molecule has 1 N–H and O–H groups in total. The molecule has 0 fully saturated rings. The van der Waals surface area contributed by atoms with Crippen molar-refractivity contribution in [3.8, 4) is 0 Å². The van der Waals surface area contributed by atoms with Crippen molar-refractivity contribution >= 4 is 17.6 Å². The number of anilines is 1. The van der Waals surface area contributed by atoms with Crippen molar-refractivity contribution in [2.75, 3.05) is 12.4 Å². The van der Waals surface area contributed by atoms with Crippen LogP contribution >= 0.6 is 11.8 Å². The molecule has 0 aliphatic rings. The first-order chi connectivity index (χ1) is 7.38. The molecule has 15 heavy (non-hydrogen) atoms. The number of aromatic nitrogens is 3. The molecule has 4 nitrogen and oxygen atoms in total. The summed E-state index contributed by atoms with van der Waals surface area (Å²) in [5, 5.41) is 3.89. The van der Waals surface area contributed by atoms with Crippen LogP contribution in [0.25, 0.3) is 0 Å². The lowest BCUT2D eigenvalue weighted by Crippen LogP contribution is -1.93. The lowest BCUT2D eigenvalue weighted by atomic mass is 10.5. The van der Waals surface area contributed by atoms with E-state index >= 15 is 0 Å². The number of hydrogen-bond donors (Lipinski definition) is 1. The molecule has 2 rings (SSSR count). The molecule has 0 aliphatic carbocycles. The van der Waals surface area contributed by atoms with Crippen LogP contribution in [0.3, 0.4) is 0 Å². The smallest absolute Gasteiger partial charge is 0.130 e. The van der Waals surface area contributed by atoms with E-state index < -0.39 is 0 Å². The van der Waals surface area contributed by atoms with Crippen molar-refractivity contribution in [3.63, 3.8) is 0 Å². The highest BCUT2D eigenvalue weighted by Gasteiger charge is 1.99. The number of pyridine rings is 1. The minimum atomic E-state index is 0.821. The molecule has 0 saturated heterocycles. The molecule has 2 aromatic rings. The average Bonchev–Trinajstić information content (AvgIpc) is 2.31. The highest BCUT2D eigenvalue weighted by atomic mass is 32.2. The molecular weight excluding hydrogens is 208 g/mol. The zero-order valence-electron chi connectivity index (χ0n) is 8.21. The van der Waals surface area contributed by atoms with E-state index in [0.29, 0.717) is 0 Å². The van der Waals surface area contributed by atoms with Gasteiger partial charge in [0.15, 0.2) is 0 Å². The van der Waals surface area contributed by atoms with Crippen LogP contribution in [-0.2, 0) is 0 Å². The van der Waals surface area contributed by atoms with Gasteiger partial charge < -0.3 is 5.32 Å². The van der Waals surface area contributed by atoms with E-state index in [4.69, 9.17) is 0 Å². The van der Waals surface area contributed by atoms with E-state index in [1.54, 1.807) is 30.5 Å². The first-order valence-corrected chi connectivity index (χ1v) is 5.28. The minimum Gasteiger partial charge on any atom is -0.373 e. The molecule has 2 heterocycles. The molecule has 5 heteroatoms. The van der Waals surface area contributed by atoms with Crippen molar-refractivity contribution in [3.05, 3.63) is 36.9 Å². The summed E-state index contributed by atoms with van der Waals surface area (Å²) in [6.45, 7) is 0. The van der Waals surface area contributed by atoms with Gasteiger partial charge in [-0.05, 0) is 12.1 Å². The monoisotopic (exact) mass is 218 g/mol. The average molecular weight is 218 g/mol. The predicted octanol–water partition coefficient (Wildman–Crippen LogP) is 2.06. The third-order valence-corrected chi connectivity index (χ3v) is 2.71. The summed E-state index contributed by atoms with van der Waals surface area (Å²) in [5.41, 5.74) is 0. The van der Waals surface area contributed by atoms with Crippen LogP contribution in [-0.4, -0.2) is 22.0 Å². The fourth-order valence-electron chi connectivity index (χ4n) is 1.06. The Balaban J connectivity index is 2.17. The molecule has 0 saturated carbocycles.